The number of amides is 2. The number of ether oxygens (including phenoxy) is 2. The van der Waals surface area contributed by atoms with Crippen molar-refractivity contribution in [1.82, 2.24) is 10.6 Å². The largest absolute Gasteiger partial charge is 0.454 e. The van der Waals surface area contributed by atoms with E-state index in [0.717, 1.165) is 0 Å². The highest BCUT2D eigenvalue weighted by Crippen LogP contribution is 2.39. The summed E-state index contributed by atoms with van der Waals surface area (Å²) in [4.78, 5) is 23.7. The third-order valence-corrected chi connectivity index (χ3v) is 2.89. The van der Waals surface area contributed by atoms with Gasteiger partial charge in [0.05, 0.1) is 11.6 Å². The van der Waals surface area contributed by atoms with Gasteiger partial charge in [-0.15, -0.1) is 0 Å². The van der Waals surface area contributed by atoms with Crippen LogP contribution in [0.4, 0.5) is 0 Å². The molecule has 2 N–H and O–H groups in total. The van der Waals surface area contributed by atoms with Gasteiger partial charge in [-0.2, -0.15) is 0 Å². The Labute approximate surface area is 127 Å². The standard InChI is InChI=1S/C14H17ClN2O4/c1-14(2,3)17-11(18)6-16-13(19)8-4-9(15)12-10(5-8)20-7-21-12/h4-5H,6-7H2,1-3H3,(H,16,19)(H,17,18). The Kier molecular flexibility index (Phi) is 4.27. The molecule has 21 heavy (non-hydrogen) atoms. The van der Waals surface area contributed by atoms with Crippen molar-refractivity contribution in [3.63, 3.8) is 0 Å². The SMILES string of the molecule is CC(C)(C)NC(=O)CNC(=O)c1cc(Cl)c2c(c1)OCO2. The van der Waals surface area contributed by atoms with E-state index in [9.17, 15) is 9.59 Å². The fourth-order valence-corrected chi connectivity index (χ4v) is 2.09. The van der Waals surface area contributed by atoms with E-state index in [0.29, 0.717) is 22.1 Å². The highest BCUT2D eigenvalue weighted by atomic mass is 35.5. The molecule has 114 valence electrons. The maximum Gasteiger partial charge on any atom is 0.251 e. The number of halogens is 1. The van der Waals surface area contributed by atoms with E-state index < -0.39 is 5.91 Å². The zero-order valence-electron chi connectivity index (χ0n) is 12.1. The molecule has 2 amide bonds. The molecule has 1 aliphatic rings. The lowest BCUT2D eigenvalue weighted by atomic mass is 10.1. The predicted octanol–water partition coefficient (Wildman–Crippen LogP) is 1.71. The van der Waals surface area contributed by atoms with Gasteiger partial charge >= 0.3 is 0 Å². The molecule has 2 rings (SSSR count). The van der Waals surface area contributed by atoms with Gasteiger partial charge in [0.2, 0.25) is 12.7 Å². The van der Waals surface area contributed by atoms with Gasteiger partial charge in [0.15, 0.2) is 11.5 Å². The van der Waals surface area contributed by atoms with Gasteiger partial charge < -0.3 is 20.1 Å². The summed E-state index contributed by atoms with van der Waals surface area (Å²) in [5, 5.41) is 5.59. The van der Waals surface area contributed by atoms with E-state index in [4.69, 9.17) is 21.1 Å². The number of nitrogens with one attached hydrogen (secondary N) is 2. The van der Waals surface area contributed by atoms with E-state index in [1.807, 2.05) is 20.8 Å². The monoisotopic (exact) mass is 312 g/mol. The minimum atomic E-state index is -0.403. The molecular weight excluding hydrogens is 296 g/mol. The van der Waals surface area contributed by atoms with Gasteiger partial charge in [-0.25, -0.2) is 0 Å². The molecule has 6 nitrogen and oxygen atoms in total. The Bertz CT molecular complexity index is 581. The van der Waals surface area contributed by atoms with E-state index in [1.54, 1.807) is 0 Å². The molecule has 0 saturated heterocycles. The number of fused-ring (bicyclic) bond motifs is 1. The number of hydrogen-bond acceptors (Lipinski definition) is 4. The second-order valence-corrected chi connectivity index (χ2v) is 6.08. The summed E-state index contributed by atoms with van der Waals surface area (Å²) in [6.07, 6.45) is 0. The van der Waals surface area contributed by atoms with Crippen molar-refractivity contribution < 1.29 is 19.1 Å². The van der Waals surface area contributed by atoms with Gasteiger partial charge in [0.25, 0.3) is 5.91 Å². The van der Waals surface area contributed by atoms with Crippen LogP contribution in [-0.4, -0.2) is 30.7 Å². The third kappa shape index (κ3) is 4.01. The van der Waals surface area contributed by atoms with Gasteiger partial charge in [-0.1, -0.05) is 11.6 Å². The molecule has 0 radical (unpaired) electrons. The van der Waals surface area contributed by atoms with Crippen molar-refractivity contribution in [2.75, 3.05) is 13.3 Å². The Balaban J connectivity index is 1.98. The molecule has 1 aromatic carbocycles. The van der Waals surface area contributed by atoms with Crippen LogP contribution in [0.2, 0.25) is 5.02 Å². The number of carbonyl (C=O) groups excluding carboxylic acids is 2. The van der Waals surface area contributed by atoms with Crippen LogP contribution >= 0.6 is 11.6 Å². The van der Waals surface area contributed by atoms with E-state index in [1.165, 1.54) is 12.1 Å². The van der Waals surface area contributed by atoms with Crippen LogP contribution in [-0.2, 0) is 4.79 Å². The molecule has 0 spiro atoms. The smallest absolute Gasteiger partial charge is 0.251 e. The number of benzene rings is 1. The summed E-state index contributed by atoms with van der Waals surface area (Å²) in [6, 6.07) is 3.01. The van der Waals surface area contributed by atoms with Crippen LogP contribution in [0.25, 0.3) is 0 Å². The molecule has 0 saturated carbocycles. The Hall–Kier alpha value is -1.95. The molecular formula is C14H17ClN2O4. The summed E-state index contributed by atoms with van der Waals surface area (Å²) >= 11 is 6.00. The summed E-state index contributed by atoms with van der Waals surface area (Å²) < 4.78 is 10.4. The van der Waals surface area contributed by atoms with E-state index in [2.05, 4.69) is 10.6 Å². The highest BCUT2D eigenvalue weighted by molar-refractivity contribution is 6.32. The van der Waals surface area contributed by atoms with Crippen molar-refractivity contribution in [1.29, 1.82) is 0 Å². The lowest BCUT2D eigenvalue weighted by Crippen LogP contribution is -2.45. The maximum absolute atomic E-state index is 12.0. The molecule has 0 aliphatic carbocycles. The maximum atomic E-state index is 12.0. The Morgan fingerprint density at radius 3 is 2.67 bits per heavy atom. The number of rotatable bonds is 3. The van der Waals surface area contributed by atoms with E-state index >= 15 is 0 Å². The minimum absolute atomic E-state index is 0.0775. The molecule has 0 unspecified atom stereocenters. The van der Waals surface area contributed by atoms with Crippen molar-refractivity contribution >= 4 is 23.4 Å². The first-order valence-corrected chi connectivity index (χ1v) is 6.82. The fraction of sp³-hybridized carbons (Fsp3) is 0.429. The normalized spacial score (nSPS) is 13.0. The average molecular weight is 313 g/mol. The first-order valence-electron chi connectivity index (χ1n) is 6.44. The molecule has 0 fully saturated rings. The van der Waals surface area contributed by atoms with E-state index in [-0.39, 0.29) is 24.8 Å². The van der Waals surface area contributed by atoms with Gasteiger partial charge in [0.1, 0.15) is 0 Å². The Morgan fingerprint density at radius 2 is 2.00 bits per heavy atom. The topological polar surface area (TPSA) is 76.7 Å². The van der Waals surface area contributed by atoms with Gasteiger partial charge in [0, 0.05) is 11.1 Å². The zero-order chi connectivity index (χ0) is 15.6. The summed E-state index contributed by atoms with van der Waals surface area (Å²) in [6.45, 7) is 5.56. The summed E-state index contributed by atoms with van der Waals surface area (Å²) in [5.74, 6) is 0.187. The summed E-state index contributed by atoms with van der Waals surface area (Å²) in [7, 11) is 0. The molecule has 0 bridgehead atoms. The van der Waals surface area contributed by atoms with Crippen molar-refractivity contribution in [3.8, 4) is 11.5 Å². The van der Waals surface area contributed by atoms with Crippen molar-refractivity contribution in [3.05, 3.63) is 22.7 Å². The van der Waals surface area contributed by atoms with Crippen LogP contribution < -0.4 is 20.1 Å². The molecule has 0 aromatic heterocycles. The molecule has 0 atom stereocenters. The minimum Gasteiger partial charge on any atom is -0.454 e. The molecule has 1 aliphatic heterocycles. The Morgan fingerprint density at radius 1 is 1.29 bits per heavy atom. The lowest BCUT2D eigenvalue weighted by Gasteiger charge is -2.20. The van der Waals surface area contributed by atoms with Crippen molar-refractivity contribution in [2.45, 2.75) is 26.3 Å². The zero-order valence-corrected chi connectivity index (χ0v) is 12.8. The first-order chi connectivity index (χ1) is 9.76. The quantitative estimate of drug-likeness (QED) is 0.891. The van der Waals surface area contributed by atoms with Crippen LogP contribution in [0.1, 0.15) is 31.1 Å². The molecule has 7 heteroatoms. The van der Waals surface area contributed by atoms with Crippen LogP contribution in [0.15, 0.2) is 12.1 Å². The van der Waals surface area contributed by atoms with Crippen molar-refractivity contribution in [2.24, 2.45) is 0 Å². The fourth-order valence-electron chi connectivity index (χ4n) is 1.82. The predicted molar refractivity (Wildman–Crippen MR) is 77.8 cm³/mol. The molecule has 1 heterocycles. The van der Waals surface area contributed by atoms with Crippen LogP contribution in [0.5, 0.6) is 11.5 Å². The van der Waals surface area contributed by atoms with Gasteiger partial charge in [-0.05, 0) is 32.9 Å². The summed E-state index contributed by atoms with van der Waals surface area (Å²) in [5.41, 5.74) is -0.0306. The first kappa shape index (κ1) is 15.4. The third-order valence-electron chi connectivity index (χ3n) is 2.61. The highest BCUT2D eigenvalue weighted by Gasteiger charge is 2.21. The van der Waals surface area contributed by atoms with Crippen LogP contribution in [0.3, 0.4) is 0 Å². The average Bonchev–Trinajstić information content (AvgIpc) is 2.82. The lowest BCUT2D eigenvalue weighted by molar-refractivity contribution is -0.121. The second kappa shape index (κ2) is 5.81. The number of hydrogen-bond donors (Lipinski definition) is 2. The second-order valence-electron chi connectivity index (χ2n) is 5.67. The number of carbonyl (C=O) groups is 2. The van der Waals surface area contributed by atoms with Gasteiger partial charge in [-0.3, -0.25) is 9.59 Å². The van der Waals surface area contributed by atoms with Crippen LogP contribution in [0, 0.1) is 0 Å². The molecule has 1 aromatic rings.